The smallest absolute Gasteiger partial charge is 0.227 e. The van der Waals surface area contributed by atoms with Gasteiger partial charge in [-0.2, -0.15) is 0 Å². The maximum atomic E-state index is 12.2. The van der Waals surface area contributed by atoms with Crippen LogP contribution in [0.1, 0.15) is 19.8 Å². The molecule has 1 heterocycles. The summed E-state index contributed by atoms with van der Waals surface area (Å²) in [7, 11) is 1.57. The fourth-order valence-electron chi connectivity index (χ4n) is 2.38. The minimum Gasteiger partial charge on any atom is -0.497 e. The van der Waals surface area contributed by atoms with E-state index in [1.54, 1.807) is 37.1 Å². The Bertz CT molecular complexity index is 545. The first kappa shape index (κ1) is 15.3. The number of hydrogen-bond acceptors (Lipinski definition) is 4. The zero-order valence-electron chi connectivity index (χ0n) is 12.4. The van der Waals surface area contributed by atoms with E-state index >= 15 is 0 Å². The van der Waals surface area contributed by atoms with Crippen LogP contribution < -0.4 is 20.7 Å². The number of ether oxygens (including phenoxy) is 1. The fourth-order valence-corrected chi connectivity index (χ4v) is 2.38. The molecule has 3 N–H and O–H groups in total. The van der Waals surface area contributed by atoms with Crippen molar-refractivity contribution in [2.75, 3.05) is 30.4 Å². The maximum absolute atomic E-state index is 12.2. The molecule has 1 unspecified atom stereocenters. The Kier molecular flexibility index (Phi) is 4.80. The van der Waals surface area contributed by atoms with Crippen molar-refractivity contribution in [2.24, 2.45) is 11.7 Å². The largest absolute Gasteiger partial charge is 0.497 e. The Balaban J connectivity index is 2.35. The SMILES string of the molecule is CCC(=O)Nc1ccc(OC)cc1N1CC(CN)CC1=O. The van der Waals surface area contributed by atoms with Gasteiger partial charge in [0.25, 0.3) is 0 Å². The van der Waals surface area contributed by atoms with E-state index in [1.165, 1.54) is 0 Å². The second-order valence-electron chi connectivity index (χ2n) is 5.10. The average molecular weight is 291 g/mol. The number of carbonyl (C=O) groups is 2. The van der Waals surface area contributed by atoms with Gasteiger partial charge in [0.05, 0.1) is 18.5 Å². The van der Waals surface area contributed by atoms with Gasteiger partial charge < -0.3 is 20.7 Å². The molecule has 0 aliphatic carbocycles. The lowest BCUT2D eigenvalue weighted by Gasteiger charge is -2.21. The summed E-state index contributed by atoms with van der Waals surface area (Å²) >= 11 is 0. The van der Waals surface area contributed by atoms with Crippen LogP contribution in [0.3, 0.4) is 0 Å². The summed E-state index contributed by atoms with van der Waals surface area (Å²) in [6.07, 6.45) is 0.819. The van der Waals surface area contributed by atoms with Crippen LogP contribution in [-0.4, -0.2) is 32.0 Å². The van der Waals surface area contributed by atoms with Crippen LogP contribution in [0.2, 0.25) is 0 Å². The number of amides is 2. The molecular formula is C15H21N3O3. The summed E-state index contributed by atoms with van der Waals surface area (Å²) in [5.74, 6) is 0.719. The van der Waals surface area contributed by atoms with Gasteiger partial charge in [-0.1, -0.05) is 6.92 Å². The van der Waals surface area contributed by atoms with Crippen molar-refractivity contribution in [3.8, 4) is 5.75 Å². The molecule has 0 spiro atoms. The molecule has 2 rings (SSSR count). The third-order valence-corrected chi connectivity index (χ3v) is 3.63. The van der Waals surface area contributed by atoms with Crippen molar-refractivity contribution < 1.29 is 14.3 Å². The molecule has 1 aliphatic heterocycles. The number of hydrogen-bond donors (Lipinski definition) is 2. The van der Waals surface area contributed by atoms with Crippen LogP contribution in [0.15, 0.2) is 18.2 Å². The summed E-state index contributed by atoms with van der Waals surface area (Å²) in [6.45, 7) is 2.82. The molecule has 0 bridgehead atoms. The molecule has 1 atom stereocenters. The standard InChI is InChI=1S/C15H21N3O3/c1-3-14(19)17-12-5-4-11(21-2)7-13(12)18-9-10(8-16)6-15(18)20/h4-5,7,10H,3,6,8-9,16H2,1-2H3,(H,17,19). The normalized spacial score (nSPS) is 18.0. The molecule has 0 saturated carbocycles. The minimum absolute atomic E-state index is 0.0192. The van der Waals surface area contributed by atoms with E-state index < -0.39 is 0 Å². The summed E-state index contributed by atoms with van der Waals surface area (Å²) in [5, 5.41) is 2.82. The van der Waals surface area contributed by atoms with Crippen LogP contribution in [0.25, 0.3) is 0 Å². The number of carbonyl (C=O) groups excluding carboxylic acids is 2. The van der Waals surface area contributed by atoms with Gasteiger partial charge in [0.2, 0.25) is 11.8 Å². The second-order valence-corrected chi connectivity index (χ2v) is 5.10. The Hall–Kier alpha value is -2.08. The van der Waals surface area contributed by atoms with Crippen LogP contribution in [0.5, 0.6) is 5.75 Å². The number of nitrogens with two attached hydrogens (primary N) is 1. The maximum Gasteiger partial charge on any atom is 0.227 e. The van der Waals surface area contributed by atoms with Gasteiger partial charge in [0.15, 0.2) is 0 Å². The Morgan fingerprint density at radius 1 is 1.52 bits per heavy atom. The molecule has 21 heavy (non-hydrogen) atoms. The van der Waals surface area contributed by atoms with Gasteiger partial charge in [-0.05, 0) is 24.6 Å². The van der Waals surface area contributed by atoms with Crippen LogP contribution in [0.4, 0.5) is 11.4 Å². The molecular weight excluding hydrogens is 270 g/mol. The highest BCUT2D eigenvalue weighted by molar-refractivity contribution is 6.02. The number of benzene rings is 1. The average Bonchev–Trinajstić information content (AvgIpc) is 2.88. The molecule has 0 radical (unpaired) electrons. The first-order chi connectivity index (χ1) is 10.1. The lowest BCUT2D eigenvalue weighted by Crippen LogP contribution is -2.27. The minimum atomic E-state index is -0.0940. The molecule has 2 amide bonds. The van der Waals surface area contributed by atoms with Gasteiger partial charge in [-0.15, -0.1) is 0 Å². The van der Waals surface area contributed by atoms with Crippen LogP contribution in [-0.2, 0) is 9.59 Å². The first-order valence-corrected chi connectivity index (χ1v) is 7.07. The zero-order valence-corrected chi connectivity index (χ0v) is 12.4. The predicted molar refractivity (Wildman–Crippen MR) is 81.4 cm³/mol. The van der Waals surface area contributed by atoms with E-state index in [0.717, 1.165) is 0 Å². The molecule has 114 valence electrons. The number of nitrogens with one attached hydrogen (secondary N) is 1. The van der Waals surface area contributed by atoms with Crippen LogP contribution >= 0.6 is 0 Å². The van der Waals surface area contributed by atoms with Crippen molar-refractivity contribution in [1.82, 2.24) is 0 Å². The molecule has 1 aromatic carbocycles. The van der Waals surface area contributed by atoms with Gasteiger partial charge in [-0.25, -0.2) is 0 Å². The Morgan fingerprint density at radius 3 is 2.86 bits per heavy atom. The van der Waals surface area contributed by atoms with E-state index in [0.29, 0.717) is 43.1 Å². The number of anilines is 2. The van der Waals surface area contributed by atoms with Gasteiger partial charge in [0.1, 0.15) is 5.75 Å². The quantitative estimate of drug-likeness (QED) is 0.857. The fraction of sp³-hybridized carbons (Fsp3) is 0.467. The summed E-state index contributed by atoms with van der Waals surface area (Å²) in [4.78, 5) is 25.5. The lowest BCUT2D eigenvalue weighted by atomic mass is 10.1. The molecule has 1 fully saturated rings. The predicted octanol–water partition coefficient (Wildman–Crippen LogP) is 1.36. The monoisotopic (exact) mass is 291 g/mol. The van der Waals surface area contributed by atoms with Crippen LogP contribution in [0, 0.1) is 5.92 Å². The highest BCUT2D eigenvalue weighted by Crippen LogP contribution is 2.34. The number of methoxy groups -OCH3 is 1. The van der Waals surface area contributed by atoms with Crippen molar-refractivity contribution >= 4 is 23.2 Å². The van der Waals surface area contributed by atoms with Crippen molar-refractivity contribution in [2.45, 2.75) is 19.8 Å². The van der Waals surface area contributed by atoms with E-state index in [1.807, 2.05) is 0 Å². The molecule has 6 heteroatoms. The molecule has 1 aromatic rings. The lowest BCUT2D eigenvalue weighted by molar-refractivity contribution is -0.117. The van der Waals surface area contributed by atoms with Crippen molar-refractivity contribution in [3.05, 3.63) is 18.2 Å². The second kappa shape index (κ2) is 6.58. The molecule has 1 saturated heterocycles. The number of nitrogens with zero attached hydrogens (tertiary/aromatic N) is 1. The highest BCUT2D eigenvalue weighted by Gasteiger charge is 2.31. The summed E-state index contributed by atoms with van der Waals surface area (Å²) < 4.78 is 5.21. The topological polar surface area (TPSA) is 84.7 Å². The first-order valence-electron chi connectivity index (χ1n) is 7.07. The molecule has 0 aromatic heterocycles. The Labute approximate surface area is 124 Å². The Morgan fingerprint density at radius 2 is 2.29 bits per heavy atom. The summed E-state index contributed by atoms with van der Waals surface area (Å²) in [5.41, 5.74) is 6.94. The van der Waals surface area contributed by atoms with Gasteiger partial charge in [-0.3, -0.25) is 9.59 Å². The summed E-state index contributed by atoms with van der Waals surface area (Å²) in [6, 6.07) is 5.28. The van der Waals surface area contributed by atoms with Gasteiger partial charge in [0, 0.05) is 25.5 Å². The van der Waals surface area contributed by atoms with Crippen molar-refractivity contribution in [1.29, 1.82) is 0 Å². The number of rotatable bonds is 5. The third kappa shape index (κ3) is 3.33. The van der Waals surface area contributed by atoms with E-state index in [4.69, 9.17) is 10.5 Å². The van der Waals surface area contributed by atoms with E-state index in [9.17, 15) is 9.59 Å². The zero-order chi connectivity index (χ0) is 15.4. The third-order valence-electron chi connectivity index (χ3n) is 3.63. The van der Waals surface area contributed by atoms with E-state index in [2.05, 4.69) is 5.32 Å². The molecule has 1 aliphatic rings. The van der Waals surface area contributed by atoms with Crippen molar-refractivity contribution in [3.63, 3.8) is 0 Å². The van der Waals surface area contributed by atoms with Gasteiger partial charge >= 0.3 is 0 Å². The van der Waals surface area contributed by atoms with E-state index in [-0.39, 0.29) is 17.7 Å². The molecule has 6 nitrogen and oxygen atoms in total. The highest BCUT2D eigenvalue weighted by atomic mass is 16.5.